The molecule has 1 aliphatic rings. The number of nitro benzene ring substituents is 1. The van der Waals surface area contributed by atoms with Crippen molar-refractivity contribution in [1.82, 2.24) is 9.62 Å². The maximum absolute atomic E-state index is 12.9. The Labute approximate surface area is 164 Å². The van der Waals surface area contributed by atoms with E-state index in [1.165, 1.54) is 10.4 Å². The van der Waals surface area contributed by atoms with Gasteiger partial charge in [0.05, 0.1) is 9.95 Å². The van der Waals surface area contributed by atoms with Gasteiger partial charge in [0.2, 0.25) is 15.9 Å². The normalized spacial score (nSPS) is 16.9. The first-order valence-corrected chi connectivity index (χ1v) is 10.6. The number of sulfonamides is 1. The summed E-state index contributed by atoms with van der Waals surface area (Å²) in [5, 5.41) is 13.9. The van der Waals surface area contributed by atoms with E-state index < -0.39 is 14.9 Å². The summed E-state index contributed by atoms with van der Waals surface area (Å²) in [5.41, 5.74) is -0.648. The number of nitrogens with one attached hydrogen (secondary N) is 1. The highest BCUT2D eigenvalue weighted by Crippen LogP contribution is 2.31. The van der Waals surface area contributed by atoms with Crippen molar-refractivity contribution in [1.29, 1.82) is 0 Å². The second kappa shape index (κ2) is 8.12. The molecule has 10 heteroatoms. The van der Waals surface area contributed by atoms with Gasteiger partial charge in [-0.2, -0.15) is 4.31 Å². The Balaban J connectivity index is 2.12. The van der Waals surface area contributed by atoms with Crippen LogP contribution in [0, 0.1) is 16.0 Å². The highest BCUT2D eigenvalue weighted by Gasteiger charge is 2.35. The van der Waals surface area contributed by atoms with Crippen LogP contribution in [-0.4, -0.2) is 42.2 Å². The van der Waals surface area contributed by atoms with Gasteiger partial charge in [-0.05, 0) is 39.2 Å². The summed E-state index contributed by atoms with van der Waals surface area (Å²) in [6.45, 7) is 6.18. The van der Waals surface area contributed by atoms with Gasteiger partial charge in [-0.15, -0.1) is 0 Å². The van der Waals surface area contributed by atoms with Crippen molar-refractivity contribution in [2.75, 3.05) is 13.1 Å². The number of nitrogens with zero attached hydrogens (tertiary/aromatic N) is 2. The Bertz CT molecular complexity index is 833. The maximum Gasteiger partial charge on any atom is 0.270 e. The predicted octanol–water partition coefficient (Wildman–Crippen LogP) is 2.95. The van der Waals surface area contributed by atoms with Gasteiger partial charge >= 0.3 is 0 Å². The fraction of sp³-hybridized carbons (Fsp3) is 0.588. The minimum atomic E-state index is -3.97. The largest absolute Gasteiger partial charge is 0.351 e. The molecule has 1 N–H and O–H groups in total. The van der Waals surface area contributed by atoms with Crippen LogP contribution in [0.2, 0.25) is 5.02 Å². The lowest BCUT2D eigenvalue weighted by Crippen LogP contribution is -2.48. The van der Waals surface area contributed by atoms with Gasteiger partial charge in [-0.25, -0.2) is 8.42 Å². The van der Waals surface area contributed by atoms with Gasteiger partial charge in [0.15, 0.2) is 0 Å². The van der Waals surface area contributed by atoms with E-state index in [1.807, 2.05) is 20.8 Å². The van der Waals surface area contributed by atoms with Crippen LogP contribution >= 0.6 is 11.6 Å². The molecule has 1 aromatic carbocycles. The molecule has 27 heavy (non-hydrogen) atoms. The standard InChI is InChI=1S/C17H24ClN3O5S/c1-4-17(2,3)19-16(22)12-7-9-20(10-8-12)27(25,26)15-11-13(21(23)24)5-6-14(15)18/h5-6,11-12H,4,7-10H2,1-3H3,(H,19,22). The number of rotatable bonds is 6. The second-order valence-electron chi connectivity index (χ2n) is 7.28. The lowest BCUT2D eigenvalue weighted by molar-refractivity contribution is -0.385. The van der Waals surface area contributed by atoms with Gasteiger partial charge in [0.25, 0.3) is 5.69 Å². The molecule has 0 unspecified atom stereocenters. The van der Waals surface area contributed by atoms with Crippen molar-refractivity contribution in [3.63, 3.8) is 0 Å². The number of piperidine rings is 1. The first kappa shape index (κ1) is 21.6. The van der Waals surface area contributed by atoms with E-state index in [9.17, 15) is 23.3 Å². The molecule has 0 atom stereocenters. The number of carbonyl (C=O) groups excluding carboxylic acids is 1. The van der Waals surface area contributed by atoms with Crippen molar-refractivity contribution in [2.45, 2.75) is 50.5 Å². The van der Waals surface area contributed by atoms with E-state index in [4.69, 9.17) is 11.6 Å². The molecule has 150 valence electrons. The van der Waals surface area contributed by atoms with Gasteiger partial charge in [-0.3, -0.25) is 14.9 Å². The Morgan fingerprint density at radius 2 is 1.96 bits per heavy atom. The molecule has 0 spiro atoms. The lowest BCUT2D eigenvalue weighted by Gasteiger charge is -2.33. The van der Waals surface area contributed by atoms with Crippen LogP contribution in [0.3, 0.4) is 0 Å². The molecule has 0 saturated carbocycles. The van der Waals surface area contributed by atoms with Crippen molar-refractivity contribution in [3.8, 4) is 0 Å². The van der Waals surface area contributed by atoms with Crippen molar-refractivity contribution in [2.24, 2.45) is 5.92 Å². The van der Waals surface area contributed by atoms with Crippen LogP contribution in [0.15, 0.2) is 23.1 Å². The topological polar surface area (TPSA) is 110 Å². The Morgan fingerprint density at radius 1 is 1.37 bits per heavy atom. The van der Waals surface area contributed by atoms with Gasteiger partial charge < -0.3 is 5.32 Å². The zero-order valence-corrected chi connectivity index (χ0v) is 17.1. The monoisotopic (exact) mass is 417 g/mol. The molecular weight excluding hydrogens is 394 g/mol. The summed E-state index contributed by atoms with van der Waals surface area (Å²) in [4.78, 5) is 22.4. The van der Waals surface area contributed by atoms with Crippen LogP contribution in [0.25, 0.3) is 0 Å². The number of hydrogen-bond acceptors (Lipinski definition) is 5. The van der Waals surface area contributed by atoms with E-state index in [0.29, 0.717) is 12.8 Å². The number of non-ortho nitro benzene ring substituents is 1. The third-order valence-electron chi connectivity index (χ3n) is 4.91. The van der Waals surface area contributed by atoms with Crippen molar-refractivity contribution in [3.05, 3.63) is 33.3 Å². The molecule has 1 aromatic rings. The zero-order chi connectivity index (χ0) is 20.4. The lowest BCUT2D eigenvalue weighted by atomic mass is 9.94. The van der Waals surface area contributed by atoms with Crippen LogP contribution in [0.4, 0.5) is 5.69 Å². The number of halogens is 1. The van der Waals surface area contributed by atoms with E-state index >= 15 is 0 Å². The van der Waals surface area contributed by atoms with E-state index in [-0.39, 0.29) is 46.1 Å². The zero-order valence-electron chi connectivity index (χ0n) is 15.6. The molecule has 0 bridgehead atoms. The molecule has 1 aliphatic heterocycles. The minimum Gasteiger partial charge on any atom is -0.351 e. The molecule has 1 fully saturated rings. The highest BCUT2D eigenvalue weighted by molar-refractivity contribution is 7.89. The number of amides is 1. The summed E-state index contributed by atoms with van der Waals surface area (Å²) in [7, 11) is -3.97. The molecule has 0 radical (unpaired) electrons. The predicted molar refractivity (Wildman–Crippen MR) is 102 cm³/mol. The molecule has 0 aliphatic carbocycles. The van der Waals surface area contributed by atoms with Gasteiger partial charge in [0.1, 0.15) is 4.90 Å². The van der Waals surface area contributed by atoms with E-state index in [1.54, 1.807) is 0 Å². The quantitative estimate of drug-likeness (QED) is 0.565. The molecule has 1 amide bonds. The first-order valence-electron chi connectivity index (χ1n) is 8.74. The van der Waals surface area contributed by atoms with E-state index in [0.717, 1.165) is 18.6 Å². The molecule has 0 aromatic heterocycles. The molecule has 1 heterocycles. The average Bonchev–Trinajstić information content (AvgIpc) is 2.61. The summed E-state index contributed by atoms with van der Waals surface area (Å²) in [6, 6.07) is 3.34. The van der Waals surface area contributed by atoms with Crippen LogP contribution in [0.5, 0.6) is 0 Å². The average molecular weight is 418 g/mol. The van der Waals surface area contributed by atoms with Crippen molar-refractivity contribution >= 4 is 33.2 Å². The summed E-state index contributed by atoms with van der Waals surface area (Å²) in [6.07, 6.45) is 1.56. The second-order valence-corrected chi connectivity index (χ2v) is 9.59. The Hall–Kier alpha value is -1.71. The molecule has 1 saturated heterocycles. The van der Waals surface area contributed by atoms with Crippen LogP contribution in [0.1, 0.15) is 40.0 Å². The highest BCUT2D eigenvalue weighted by atomic mass is 35.5. The molecule has 2 rings (SSSR count). The first-order chi connectivity index (χ1) is 12.5. The number of hydrogen-bond donors (Lipinski definition) is 1. The fourth-order valence-electron chi connectivity index (χ4n) is 2.82. The summed E-state index contributed by atoms with van der Waals surface area (Å²) in [5.74, 6) is -0.338. The summed E-state index contributed by atoms with van der Waals surface area (Å²) >= 11 is 5.98. The molecular formula is C17H24ClN3O5S. The minimum absolute atomic E-state index is 0.0647. The Kier molecular flexibility index (Phi) is 6.49. The summed E-state index contributed by atoms with van der Waals surface area (Å²) < 4.78 is 26.9. The maximum atomic E-state index is 12.9. The third kappa shape index (κ3) is 4.97. The van der Waals surface area contributed by atoms with Gasteiger partial charge in [0, 0.05) is 36.7 Å². The van der Waals surface area contributed by atoms with E-state index in [2.05, 4.69) is 5.32 Å². The van der Waals surface area contributed by atoms with Crippen LogP contribution < -0.4 is 5.32 Å². The molecule has 8 nitrogen and oxygen atoms in total. The third-order valence-corrected chi connectivity index (χ3v) is 7.29. The number of carbonyl (C=O) groups is 1. The Morgan fingerprint density at radius 3 is 2.48 bits per heavy atom. The number of benzene rings is 1. The van der Waals surface area contributed by atoms with Gasteiger partial charge in [-0.1, -0.05) is 18.5 Å². The smallest absolute Gasteiger partial charge is 0.270 e. The number of nitro groups is 1. The van der Waals surface area contributed by atoms with Crippen molar-refractivity contribution < 1.29 is 18.1 Å². The van der Waals surface area contributed by atoms with Crippen LogP contribution in [-0.2, 0) is 14.8 Å². The fourth-order valence-corrected chi connectivity index (χ4v) is 4.79. The SMILES string of the molecule is CCC(C)(C)NC(=O)C1CCN(S(=O)(=O)c2cc([N+](=O)[O-])ccc2Cl)CC1.